The third-order valence-corrected chi connectivity index (χ3v) is 3.91. The number of benzene rings is 1. The maximum atomic E-state index is 5.55. The van der Waals surface area contributed by atoms with Crippen molar-refractivity contribution in [3.8, 4) is 5.75 Å². The maximum Gasteiger partial charge on any atom is 0.123 e. The van der Waals surface area contributed by atoms with E-state index in [0.717, 1.165) is 18.7 Å². The average molecular weight is 263 g/mol. The van der Waals surface area contributed by atoms with Crippen molar-refractivity contribution >= 4 is 0 Å². The van der Waals surface area contributed by atoms with Crippen LogP contribution in [-0.2, 0) is 0 Å². The molecule has 0 amide bonds. The molecular formula is C17H29NO. The highest BCUT2D eigenvalue weighted by molar-refractivity contribution is 5.39. The van der Waals surface area contributed by atoms with Crippen LogP contribution in [-0.4, -0.2) is 13.7 Å². The van der Waals surface area contributed by atoms with Gasteiger partial charge in [-0.05, 0) is 37.8 Å². The molecule has 19 heavy (non-hydrogen) atoms. The molecule has 1 rings (SSSR count). The van der Waals surface area contributed by atoms with Crippen molar-refractivity contribution < 1.29 is 4.74 Å². The summed E-state index contributed by atoms with van der Waals surface area (Å²) in [7, 11) is 1.76. The van der Waals surface area contributed by atoms with Gasteiger partial charge in [0.1, 0.15) is 5.75 Å². The Morgan fingerprint density at radius 1 is 1.21 bits per heavy atom. The van der Waals surface area contributed by atoms with Crippen LogP contribution in [0.3, 0.4) is 0 Å². The van der Waals surface area contributed by atoms with Crippen LogP contribution in [0, 0.1) is 18.8 Å². The second-order valence-electron chi connectivity index (χ2n) is 5.78. The molecule has 1 aromatic carbocycles. The van der Waals surface area contributed by atoms with E-state index in [4.69, 9.17) is 4.74 Å². The van der Waals surface area contributed by atoms with E-state index in [2.05, 4.69) is 58.1 Å². The minimum absolute atomic E-state index is 0.356. The van der Waals surface area contributed by atoms with Gasteiger partial charge in [-0.3, -0.25) is 0 Å². The molecule has 2 heteroatoms. The number of nitrogens with one attached hydrogen (secondary N) is 1. The molecule has 0 aliphatic rings. The summed E-state index contributed by atoms with van der Waals surface area (Å²) in [6.45, 7) is 12.3. The van der Waals surface area contributed by atoms with Crippen LogP contribution in [0.2, 0.25) is 0 Å². The van der Waals surface area contributed by atoms with E-state index >= 15 is 0 Å². The minimum Gasteiger partial charge on any atom is -0.496 e. The maximum absolute atomic E-state index is 5.55. The molecular weight excluding hydrogens is 234 g/mol. The van der Waals surface area contributed by atoms with Gasteiger partial charge in [-0.25, -0.2) is 0 Å². The van der Waals surface area contributed by atoms with Gasteiger partial charge in [-0.2, -0.15) is 0 Å². The lowest BCUT2D eigenvalue weighted by atomic mass is 9.85. The van der Waals surface area contributed by atoms with E-state index < -0.39 is 0 Å². The smallest absolute Gasteiger partial charge is 0.123 e. The van der Waals surface area contributed by atoms with Gasteiger partial charge >= 0.3 is 0 Å². The van der Waals surface area contributed by atoms with Gasteiger partial charge in [0.15, 0.2) is 0 Å². The Kier molecular flexibility index (Phi) is 6.36. The minimum atomic E-state index is 0.356. The van der Waals surface area contributed by atoms with Crippen molar-refractivity contribution in [3.05, 3.63) is 29.3 Å². The summed E-state index contributed by atoms with van der Waals surface area (Å²) in [5.74, 6) is 2.20. The second kappa shape index (κ2) is 7.54. The zero-order valence-corrected chi connectivity index (χ0v) is 13.3. The Labute approximate surface area is 118 Å². The Hall–Kier alpha value is -1.02. The first kappa shape index (κ1) is 16.0. The van der Waals surface area contributed by atoms with Gasteiger partial charge in [0, 0.05) is 11.6 Å². The summed E-state index contributed by atoms with van der Waals surface area (Å²) in [5, 5.41) is 3.69. The summed E-state index contributed by atoms with van der Waals surface area (Å²) in [6.07, 6.45) is 1.15. The quantitative estimate of drug-likeness (QED) is 0.790. The van der Waals surface area contributed by atoms with E-state index in [1.165, 1.54) is 11.1 Å². The Balaban J connectivity index is 3.11. The molecule has 2 atom stereocenters. The number of rotatable bonds is 7. The van der Waals surface area contributed by atoms with Gasteiger partial charge in [-0.1, -0.05) is 45.4 Å². The molecule has 0 aromatic heterocycles. The molecule has 108 valence electrons. The van der Waals surface area contributed by atoms with Crippen LogP contribution in [0.25, 0.3) is 0 Å². The summed E-state index contributed by atoms with van der Waals surface area (Å²) in [4.78, 5) is 0. The van der Waals surface area contributed by atoms with E-state index in [-0.39, 0.29) is 0 Å². The predicted octanol–water partition coefficient (Wildman–Crippen LogP) is 4.34. The van der Waals surface area contributed by atoms with Crippen molar-refractivity contribution in [2.24, 2.45) is 11.8 Å². The van der Waals surface area contributed by atoms with E-state index in [1.54, 1.807) is 7.11 Å². The van der Waals surface area contributed by atoms with Gasteiger partial charge < -0.3 is 10.1 Å². The molecule has 0 saturated carbocycles. The lowest BCUT2D eigenvalue weighted by molar-refractivity contribution is 0.294. The molecule has 0 spiro atoms. The fourth-order valence-electron chi connectivity index (χ4n) is 2.36. The molecule has 0 radical (unpaired) electrons. The highest BCUT2D eigenvalue weighted by Crippen LogP contribution is 2.34. The lowest BCUT2D eigenvalue weighted by Crippen LogP contribution is -2.30. The molecule has 1 aromatic rings. The Morgan fingerprint density at radius 3 is 2.42 bits per heavy atom. The average Bonchev–Trinajstić information content (AvgIpc) is 2.39. The lowest BCUT2D eigenvalue weighted by Gasteiger charge is -2.30. The van der Waals surface area contributed by atoms with E-state index in [0.29, 0.717) is 17.9 Å². The SMILES string of the molecule is CCCNC(c1cc(C)ccc1OC)C(C)C(C)C. The number of hydrogen-bond acceptors (Lipinski definition) is 2. The molecule has 1 N–H and O–H groups in total. The highest BCUT2D eigenvalue weighted by atomic mass is 16.5. The standard InChI is InChI=1S/C17H29NO/c1-7-10-18-17(14(5)12(2)3)15-11-13(4)8-9-16(15)19-6/h8-9,11-12,14,17-18H,7,10H2,1-6H3. The molecule has 0 aliphatic carbocycles. The second-order valence-corrected chi connectivity index (χ2v) is 5.78. The van der Waals surface area contributed by atoms with Crippen LogP contribution in [0.5, 0.6) is 5.75 Å². The van der Waals surface area contributed by atoms with Crippen molar-refractivity contribution in [2.45, 2.75) is 47.1 Å². The summed E-state index contributed by atoms with van der Waals surface area (Å²) < 4.78 is 5.55. The van der Waals surface area contributed by atoms with Crippen molar-refractivity contribution in [1.82, 2.24) is 5.32 Å². The Morgan fingerprint density at radius 2 is 1.89 bits per heavy atom. The van der Waals surface area contributed by atoms with Gasteiger partial charge in [0.05, 0.1) is 7.11 Å². The first-order valence-electron chi connectivity index (χ1n) is 7.39. The summed E-state index contributed by atoms with van der Waals surface area (Å²) >= 11 is 0. The number of hydrogen-bond donors (Lipinski definition) is 1. The molecule has 0 heterocycles. The monoisotopic (exact) mass is 263 g/mol. The van der Waals surface area contributed by atoms with Gasteiger partial charge in [-0.15, -0.1) is 0 Å². The van der Waals surface area contributed by atoms with Crippen LogP contribution < -0.4 is 10.1 Å². The van der Waals surface area contributed by atoms with Crippen molar-refractivity contribution in [2.75, 3.05) is 13.7 Å². The molecule has 0 bridgehead atoms. The van der Waals surface area contributed by atoms with Crippen LogP contribution >= 0.6 is 0 Å². The summed E-state index contributed by atoms with van der Waals surface area (Å²) in [5.41, 5.74) is 2.58. The molecule has 2 unspecified atom stereocenters. The summed E-state index contributed by atoms with van der Waals surface area (Å²) in [6, 6.07) is 6.80. The predicted molar refractivity (Wildman–Crippen MR) is 82.8 cm³/mol. The number of methoxy groups -OCH3 is 1. The third-order valence-electron chi connectivity index (χ3n) is 3.91. The molecule has 0 saturated heterocycles. The fourth-order valence-corrected chi connectivity index (χ4v) is 2.36. The number of ether oxygens (including phenoxy) is 1. The topological polar surface area (TPSA) is 21.3 Å². The van der Waals surface area contributed by atoms with Gasteiger partial charge in [0.2, 0.25) is 0 Å². The largest absolute Gasteiger partial charge is 0.496 e. The first-order valence-corrected chi connectivity index (χ1v) is 7.39. The molecule has 0 aliphatic heterocycles. The molecule has 0 fully saturated rings. The van der Waals surface area contributed by atoms with Crippen LogP contribution in [0.4, 0.5) is 0 Å². The third kappa shape index (κ3) is 4.24. The zero-order valence-electron chi connectivity index (χ0n) is 13.3. The number of aryl methyl sites for hydroxylation is 1. The first-order chi connectivity index (χ1) is 9.01. The van der Waals surface area contributed by atoms with E-state index in [1.807, 2.05) is 0 Å². The van der Waals surface area contributed by atoms with Crippen LogP contribution in [0.15, 0.2) is 18.2 Å². The van der Waals surface area contributed by atoms with Crippen molar-refractivity contribution in [3.63, 3.8) is 0 Å². The Bertz CT molecular complexity index is 387. The zero-order chi connectivity index (χ0) is 14.4. The normalized spacial score (nSPS) is 14.5. The van der Waals surface area contributed by atoms with Gasteiger partial charge in [0.25, 0.3) is 0 Å². The fraction of sp³-hybridized carbons (Fsp3) is 0.647. The molecule has 2 nitrogen and oxygen atoms in total. The van der Waals surface area contributed by atoms with E-state index in [9.17, 15) is 0 Å². The highest BCUT2D eigenvalue weighted by Gasteiger charge is 2.24. The van der Waals surface area contributed by atoms with Crippen LogP contribution in [0.1, 0.15) is 51.3 Å². The van der Waals surface area contributed by atoms with Crippen molar-refractivity contribution in [1.29, 1.82) is 0 Å².